The Balaban J connectivity index is 1.68. The fraction of sp³-hybridized carbons (Fsp3) is 0.438. The molecule has 3 aromatic rings. The molecular formula is C16H18F3N5OS. The van der Waals surface area contributed by atoms with Gasteiger partial charge in [0, 0.05) is 31.4 Å². The molecule has 0 saturated carbocycles. The number of carbonyl (C=O) groups excluding carboxylic acids is 1. The molecular weight excluding hydrogens is 367 g/mol. The Labute approximate surface area is 151 Å². The number of nitrogens with one attached hydrogen (secondary N) is 1. The first-order valence-corrected chi connectivity index (χ1v) is 8.94. The number of aromatic nitrogens is 4. The van der Waals surface area contributed by atoms with Crippen molar-refractivity contribution in [3.8, 4) is 0 Å². The first kappa shape index (κ1) is 18.4. The predicted octanol–water partition coefficient (Wildman–Crippen LogP) is 3.62. The molecule has 3 rings (SSSR count). The maximum Gasteiger partial charge on any atom is 0.435 e. The zero-order chi connectivity index (χ0) is 18.9. The van der Waals surface area contributed by atoms with Gasteiger partial charge in [-0.3, -0.25) is 14.2 Å². The van der Waals surface area contributed by atoms with Gasteiger partial charge >= 0.3 is 6.18 Å². The fourth-order valence-electron chi connectivity index (χ4n) is 2.82. The van der Waals surface area contributed by atoms with E-state index in [1.165, 1.54) is 13.1 Å². The maximum atomic E-state index is 13.0. The van der Waals surface area contributed by atoms with Gasteiger partial charge in [-0.25, -0.2) is 0 Å². The number of nitrogens with zero attached hydrogens (tertiary/aromatic N) is 4. The molecule has 0 aliphatic heterocycles. The van der Waals surface area contributed by atoms with Crippen LogP contribution in [0.2, 0.25) is 0 Å². The molecule has 0 spiro atoms. The van der Waals surface area contributed by atoms with Gasteiger partial charge in [-0.15, -0.1) is 11.3 Å². The highest BCUT2D eigenvalue weighted by Gasteiger charge is 2.37. The van der Waals surface area contributed by atoms with Crippen LogP contribution in [-0.2, 0) is 13.2 Å². The summed E-state index contributed by atoms with van der Waals surface area (Å²) in [5.74, 6) is -0.380. The highest BCUT2D eigenvalue weighted by atomic mass is 32.1. The molecule has 0 aliphatic rings. The number of aryl methyl sites for hydroxylation is 1. The van der Waals surface area contributed by atoms with Gasteiger partial charge in [-0.2, -0.15) is 23.4 Å². The molecule has 3 heterocycles. The Hall–Kier alpha value is -2.36. The van der Waals surface area contributed by atoms with E-state index in [0.717, 1.165) is 22.4 Å². The third-order valence-electron chi connectivity index (χ3n) is 4.14. The normalized spacial score (nSPS) is 13.3. The Bertz CT molecular complexity index is 897. The van der Waals surface area contributed by atoms with Crippen molar-refractivity contribution in [1.29, 1.82) is 0 Å². The molecule has 1 amide bonds. The van der Waals surface area contributed by atoms with Crippen LogP contribution in [0.1, 0.15) is 41.2 Å². The first-order valence-electron chi connectivity index (χ1n) is 8.12. The van der Waals surface area contributed by atoms with Gasteiger partial charge in [0.1, 0.15) is 4.83 Å². The van der Waals surface area contributed by atoms with Crippen LogP contribution in [0, 0.1) is 0 Å². The monoisotopic (exact) mass is 385 g/mol. The predicted molar refractivity (Wildman–Crippen MR) is 92.1 cm³/mol. The summed E-state index contributed by atoms with van der Waals surface area (Å²) in [7, 11) is 1.44. The van der Waals surface area contributed by atoms with E-state index in [1.807, 2.05) is 23.9 Å². The molecule has 0 aliphatic carbocycles. The van der Waals surface area contributed by atoms with E-state index in [-0.39, 0.29) is 22.2 Å². The minimum atomic E-state index is -4.55. The molecule has 6 nitrogen and oxygen atoms in total. The van der Waals surface area contributed by atoms with Gasteiger partial charge in [-0.05, 0) is 25.0 Å². The van der Waals surface area contributed by atoms with Crippen molar-refractivity contribution in [3.63, 3.8) is 0 Å². The molecule has 140 valence electrons. The lowest BCUT2D eigenvalue weighted by Crippen LogP contribution is -2.26. The number of rotatable bonds is 6. The van der Waals surface area contributed by atoms with Crippen molar-refractivity contribution < 1.29 is 18.0 Å². The van der Waals surface area contributed by atoms with Crippen LogP contribution in [-0.4, -0.2) is 32.0 Å². The van der Waals surface area contributed by atoms with Crippen LogP contribution in [0.4, 0.5) is 13.2 Å². The van der Waals surface area contributed by atoms with Crippen molar-refractivity contribution in [1.82, 2.24) is 24.9 Å². The van der Waals surface area contributed by atoms with Gasteiger partial charge in [0.05, 0.1) is 10.9 Å². The summed E-state index contributed by atoms with van der Waals surface area (Å²) < 4.78 is 42.1. The van der Waals surface area contributed by atoms with E-state index >= 15 is 0 Å². The third kappa shape index (κ3) is 3.59. The van der Waals surface area contributed by atoms with E-state index in [9.17, 15) is 18.0 Å². The minimum Gasteiger partial charge on any atom is -0.351 e. The number of alkyl halides is 3. The Morgan fingerprint density at radius 1 is 1.42 bits per heavy atom. The Kier molecular flexibility index (Phi) is 5.03. The molecule has 3 aromatic heterocycles. The lowest BCUT2D eigenvalue weighted by atomic mass is 10.1. The van der Waals surface area contributed by atoms with Crippen LogP contribution in [0.25, 0.3) is 10.2 Å². The van der Waals surface area contributed by atoms with Crippen molar-refractivity contribution in [3.05, 3.63) is 35.1 Å². The standard InChI is InChI=1S/C16H18F3N5OS/c1-3-10(24-8-4-6-21-24)5-7-20-14(25)12-9-11-13(16(17,18)19)22-23(2)15(11)26-12/h4,6,8-10H,3,5,7H2,1-2H3,(H,20,25). The van der Waals surface area contributed by atoms with E-state index in [2.05, 4.69) is 15.5 Å². The average molecular weight is 385 g/mol. The smallest absolute Gasteiger partial charge is 0.351 e. The maximum absolute atomic E-state index is 13.0. The number of fused-ring (bicyclic) bond motifs is 1. The van der Waals surface area contributed by atoms with Crippen molar-refractivity contribution in [2.75, 3.05) is 6.54 Å². The first-order chi connectivity index (χ1) is 12.3. The third-order valence-corrected chi connectivity index (χ3v) is 5.34. The summed E-state index contributed by atoms with van der Waals surface area (Å²) in [6.07, 6.45) is 0.565. The summed E-state index contributed by atoms with van der Waals surface area (Å²) in [6.45, 7) is 2.45. The molecule has 1 N–H and O–H groups in total. The Morgan fingerprint density at radius 3 is 2.81 bits per heavy atom. The highest BCUT2D eigenvalue weighted by molar-refractivity contribution is 7.20. The molecule has 1 unspecified atom stereocenters. The summed E-state index contributed by atoms with van der Waals surface area (Å²) in [6, 6.07) is 3.26. The number of amides is 1. The minimum absolute atomic E-state index is 0.0434. The molecule has 0 fully saturated rings. The zero-order valence-corrected chi connectivity index (χ0v) is 15.1. The number of carbonyl (C=O) groups is 1. The van der Waals surface area contributed by atoms with Gasteiger partial charge in [0.25, 0.3) is 5.91 Å². The van der Waals surface area contributed by atoms with Gasteiger partial charge in [-0.1, -0.05) is 6.92 Å². The van der Waals surface area contributed by atoms with Crippen LogP contribution >= 0.6 is 11.3 Å². The van der Waals surface area contributed by atoms with Gasteiger partial charge < -0.3 is 5.32 Å². The highest BCUT2D eigenvalue weighted by Crippen LogP contribution is 2.37. The molecule has 0 radical (unpaired) electrons. The summed E-state index contributed by atoms with van der Waals surface area (Å²) >= 11 is 1.00. The number of thiophene rings is 1. The molecule has 26 heavy (non-hydrogen) atoms. The van der Waals surface area contributed by atoms with Gasteiger partial charge in [0.2, 0.25) is 0 Å². The largest absolute Gasteiger partial charge is 0.435 e. The lowest BCUT2D eigenvalue weighted by molar-refractivity contribution is -0.140. The SMILES string of the molecule is CCC(CCNC(=O)c1cc2c(C(F)(F)F)nn(C)c2s1)n1cccn1. The Morgan fingerprint density at radius 2 is 2.19 bits per heavy atom. The molecule has 1 atom stereocenters. The van der Waals surface area contributed by atoms with Crippen molar-refractivity contribution >= 4 is 27.5 Å². The topological polar surface area (TPSA) is 64.7 Å². The van der Waals surface area contributed by atoms with E-state index in [0.29, 0.717) is 17.8 Å². The molecule has 10 heteroatoms. The van der Waals surface area contributed by atoms with Crippen molar-refractivity contribution in [2.24, 2.45) is 7.05 Å². The van der Waals surface area contributed by atoms with Gasteiger partial charge in [0.15, 0.2) is 5.69 Å². The van der Waals surface area contributed by atoms with E-state index < -0.39 is 11.9 Å². The van der Waals surface area contributed by atoms with Crippen LogP contribution in [0.5, 0.6) is 0 Å². The van der Waals surface area contributed by atoms with E-state index in [1.54, 1.807) is 6.20 Å². The number of hydrogen-bond acceptors (Lipinski definition) is 4. The van der Waals surface area contributed by atoms with E-state index in [4.69, 9.17) is 0 Å². The van der Waals surface area contributed by atoms with Crippen LogP contribution < -0.4 is 5.32 Å². The second kappa shape index (κ2) is 7.10. The number of halogens is 3. The second-order valence-corrected chi connectivity index (χ2v) is 6.92. The fourth-order valence-corrected chi connectivity index (χ4v) is 3.81. The van der Waals surface area contributed by atoms with Crippen LogP contribution in [0.3, 0.4) is 0 Å². The number of hydrogen-bond donors (Lipinski definition) is 1. The van der Waals surface area contributed by atoms with Crippen LogP contribution in [0.15, 0.2) is 24.5 Å². The quantitative estimate of drug-likeness (QED) is 0.705. The average Bonchev–Trinajstić information content (AvgIpc) is 3.28. The summed E-state index contributed by atoms with van der Waals surface area (Å²) in [4.78, 5) is 12.9. The summed E-state index contributed by atoms with van der Waals surface area (Å²) in [5.41, 5.74) is -0.963. The molecule has 0 saturated heterocycles. The lowest BCUT2D eigenvalue weighted by Gasteiger charge is -2.15. The zero-order valence-electron chi connectivity index (χ0n) is 14.2. The second-order valence-electron chi connectivity index (χ2n) is 5.89. The molecule has 0 bridgehead atoms. The summed E-state index contributed by atoms with van der Waals surface area (Å²) in [5, 5.41) is 10.4. The van der Waals surface area contributed by atoms with Crippen molar-refractivity contribution in [2.45, 2.75) is 32.0 Å². The molecule has 0 aromatic carbocycles.